The van der Waals surface area contributed by atoms with Gasteiger partial charge in [0, 0.05) is 31.0 Å². The SMILES string of the molecule is O=C(Cn1nc2n(c(=O)c1=O)CCN2c1ccccc1)N1CCCc2ccccc21. The summed E-state index contributed by atoms with van der Waals surface area (Å²) >= 11 is 0. The van der Waals surface area contributed by atoms with Gasteiger partial charge in [-0.25, -0.2) is 4.68 Å². The van der Waals surface area contributed by atoms with Crippen LogP contribution in [-0.4, -0.2) is 33.3 Å². The summed E-state index contributed by atoms with van der Waals surface area (Å²) in [6.45, 7) is 1.26. The third-order valence-electron chi connectivity index (χ3n) is 5.67. The molecule has 1 aromatic heterocycles. The first kappa shape index (κ1) is 18.4. The summed E-state index contributed by atoms with van der Waals surface area (Å²) in [5.41, 5.74) is 1.45. The first-order valence-electron chi connectivity index (χ1n) is 10.1. The lowest BCUT2D eigenvalue weighted by molar-refractivity contribution is -0.119. The summed E-state index contributed by atoms with van der Waals surface area (Å²) in [5, 5.41) is 4.41. The molecule has 3 heterocycles. The normalized spacial score (nSPS) is 15.1. The van der Waals surface area contributed by atoms with Crippen molar-refractivity contribution in [3.05, 3.63) is 80.9 Å². The van der Waals surface area contributed by atoms with Crippen LogP contribution in [0.1, 0.15) is 12.0 Å². The molecule has 152 valence electrons. The third kappa shape index (κ3) is 3.01. The van der Waals surface area contributed by atoms with E-state index in [2.05, 4.69) is 5.10 Å². The Balaban J connectivity index is 1.49. The number of rotatable bonds is 3. The molecule has 2 aliphatic rings. The number of aryl methyl sites for hydroxylation is 1. The number of anilines is 3. The van der Waals surface area contributed by atoms with Crippen LogP contribution in [0.25, 0.3) is 0 Å². The quantitative estimate of drug-likeness (QED) is 0.620. The Morgan fingerprint density at radius 2 is 1.67 bits per heavy atom. The second kappa shape index (κ2) is 7.29. The molecule has 0 bridgehead atoms. The molecule has 0 aliphatic carbocycles. The van der Waals surface area contributed by atoms with Crippen molar-refractivity contribution in [1.29, 1.82) is 0 Å². The summed E-state index contributed by atoms with van der Waals surface area (Å²) < 4.78 is 2.39. The van der Waals surface area contributed by atoms with E-state index in [1.807, 2.05) is 59.5 Å². The van der Waals surface area contributed by atoms with Crippen LogP contribution in [-0.2, 0) is 24.3 Å². The topological polar surface area (TPSA) is 80.4 Å². The molecule has 0 saturated carbocycles. The van der Waals surface area contributed by atoms with Gasteiger partial charge in [0.2, 0.25) is 11.9 Å². The number of nitrogens with zero attached hydrogens (tertiary/aromatic N) is 5. The van der Waals surface area contributed by atoms with Crippen molar-refractivity contribution in [3.8, 4) is 0 Å². The molecule has 2 aromatic carbocycles. The minimum atomic E-state index is -0.771. The maximum atomic E-state index is 13.0. The highest BCUT2D eigenvalue weighted by atomic mass is 16.2. The van der Waals surface area contributed by atoms with E-state index >= 15 is 0 Å². The molecule has 1 amide bonds. The Morgan fingerprint density at radius 1 is 0.900 bits per heavy atom. The highest BCUT2D eigenvalue weighted by Crippen LogP contribution is 2.27. The first-order chi connectivity index (χ1) is 14.6. The number of aromatic nitrogens is 3. The molecule has 0 N–H and O–H groups in total. The summed E-state index contributed by atoms with van der Waals surface area (Å²) in [6, 6.07) is 17.4. The van der Waals surface area contributed by atoms with E-state index in [1.165, 1.54) is 4.57 Å². The van der Waals surface area contributed by atoms with Crippen molar-refractivity contribution in [3.63, 3.8) is 0 Å². The Morgan fingerprint density at radius 3 is 2.50 bits per heavy atom. The van der Waals surface area contributed by atoms with E-state index in [4.69, 9.17) is 0 Å². The van der Waals surface area contributed by atoms with Crippen LogP contribution >= 0.6 is 0 Å². The second-order valence-electron chi connectivity index (χ2n) is 7.48. The van der Waals surface area contributed by atoms with Crippen molar-refractivity contribution in [2.45, 2.75) is 25.9 Å². The van der Waals surface area contributed by atoms with Gasteiger partial charge in [0.1, 0.15) is 6.54 Å². The predicted molar refractivity (Wildman–Crippen MR) is 113 cm³/mol. The van der Waals surface area contributed by atoms with Gasteiger partial charge in [-0.3, -0.25) is 19.0 Å². The molecule has 30 heavy (non-hydrogen) atoms. The summed E-state index contributed by atoms with van der Waals surface area (Å²) in [5.74, 6) is 0.142. The van der Waals surface area contributed by atoms with Crippen molar-refractivity contribution in [1.82, 2.24) is 14.3 Å². The number of para-hydroxylation sites is 2. The zero-order chi connectivity index (χ0) is 20.7. The van der Waals surface area contributed by atoms with E-state index < -0.39 is 11.1 Å². The molecular weight excluding hydrogens is 382 g/mol. The molecule has 8 nitrogen and oxygen atoms in total. The number of hydrogen-bond donors (Lipinski definition) is 0. The van der Waals surface area contributed by atoms with Crippen LogP contribution in [0.3, 0.4) is 0 Å². The minimum Gasteiger partial charge on any atom is -0.311 e. The van der Waals surface area contributed by atoms with Gasteiger partial charge in [0.05, 0.1) is 0 Å². The molecule has 3 aromatic rings. The average Bonchev–Trinajstić information content (AvgIpc) is 3.21. The molecule has 0 fully saturated rings. The number of carbonyl (C=O) groups excluding carboxylic acids is 1. The predicted octanol–water partition coefficient (Wildman–Crippen LogP) is 1.54. The molecule has 0 radical (unpaired) electrons. The maximum absolute atomic E-state index is 13.0. The van der Waals surface area contributed by atoms with Crippen LogP contribution < -0.4 is 20.9 Å². The van der Waals surface area contributed by atoms with E-state index in [0.29, 0.717) is 25.6 Å². The van der Waals surface area contributed by atoms with Gasteiger partial charge < -0.3 is 9.80 Å². The average molecular weight is 403 g/mol. The van der Waals surface area contributed by atoms with Crippen molar-refractivity contribution >= 4 is 23.2 Å². The van der Waals surface area contributed by atoms with E-state index in [0.717, 1.165) is 34.5 Å². The first-order valence-corrected chi connectivity index (χ1v) is 10.1. The lowest BCUT2D eigenvalue weighted by Gasteiger charge is -2.29. The fraction of sp³-hybridized carbons (Fsp3) is 0.273. The zero-order valence-corrected chi connectivity index (χ0v) is 16.4. The zero-order valence-electron chi connectivity index (χ0n) is 16.4. The number of amides is 1. The van der Waals surface area contributed by atoms with Crippen LogP contribution in [0.15, 0.2) is 64.2 Å². The lowest BCUT2D eigenvalue weighted by atomic mass is 10.0. The molecule has 0 saturated heterocycles. The molecule has 0 unspecified atom stereocenters. The Labute approximate surface area is 172 Å². The fourth-order valence-corrected chi connectivity index (χ4v) is 4.19. The minimum absolute atomic E-state index is 0.245. The van der Waals surface area contributed by atoms with Crippen LogP contribution in [0.2, 0.25) is 0 Å². The Kier molecular flexibility index (Phi) is 4.46. The van der Waals surface area contributed by atoms with Gasteiger partial charge in [-0.2, -0.15) is 0 Å². The van der Waals surface area contributed by atoms with Gasteiger partial charge in [0.25, 0.3) is 0 Å². The standard InChI is InChI=1S/C22H21N5O3/c28-19(25-12-6-8-16-7-4-5-11-18(16)25)15-27-21(30)20(29)26-14-13-24(22(26)23-27)17-9-2-1-3-10-17/h1-5,7,9-11H,6,8,12-15H2. The molecule has 0 spiro atoms. The molecule has 8 heteroatoms. The molecular formula is C22H21N5O3. The van der Waals surface area contributed by atoms with Crippen LogP contribution in [0, 0.1) is 0 Å². The fourth-order valence-electron chi connectivity index (χ4n) is 4.19. The Hall–Kier alpha value is -3.68. The van der Waals surface area contributed by atoms with E-state index in [1.54, 1.807) is 4.90 Å². The van der Waals surface area contributed by atoms with Crippen molar-refractivity contribution in [2.75, 3.05) is 22.9 Å². The van der Waals surface area contributed by atoms with E-state index in [9.17, 15) is 14.4 Å². The number of carbonyl (C=O) groups is 1. The monoisotopic (exact) mass is 403 g/mol. The van der Waals surface area contributed by atoms with Gasteiger partial charge >= 0.3 is 11.1 Å². The summed E-state index contributed by atoms with van der Waals surface area (Å²) in [4.78, 5) is 41.9. The van der Waals surface area contributed by atoms with E-state index in [-0.39, 0.29) is 12.5 Å². The summed E-state index contributed by atoms with van der Waals surface area (Å²) in [7, 11) is 0. The third-order valence-corrected chi connectivity index (χ3v) is 5.67. The molecule has 5 rings (SSSR count). The number of benzene rings is 2. The molecule has 2 aliphatic heterocycles. The molecule has 0 atom stereocenters. The second-order valence-corrected chi connectivity index (χ2v) is 7.48. The van der Waals surface area contributed by atoms with Crippen LogP contribution in [0.5, 0.6) is 0 Å². The van der Waals surface area contributed by atoms with Crippen molar-refractivity contribution in [2.24, 2.45) is 0 Å². The number of hydrogen-bond acceptors (Lipinski definition) is 5. The smallest absolute Gasteiger partial charge is 0.311 e. The maximum Gasteiger partial charge on any atom is 0.333 e. The van der Waals surface area contributed by atoms with Crippen LogP contribution in [0.4, 0.5) is 17.3 Å². The largest absolute Gasteiger partial charge is 0.333 e. The van der Waals surface area contributed by atoms with Gasteiger partial charge in [-0.15, -0.1) is 5.10 Å². The lowest BCUT2D eigenvalue weighted by Crippen LogP contribution is -2.46. The van der Waals surface area contributed by atoms with Gasteiger partial charge in [0.15, 0.2) is 0 Å². The Bertz CT molecular complexity index is 1230. The summed E-state index contributed by atoms with van der Waals surface area (Å²) in [6.07, 6.45) is 1.78. The van der Waals surface area contributed by atoms with Crippen molar-refractivity contribution < 1.29 is 4.79 Å². The number of fused-ring (bicyclic) bond motifs is 2. The highest BCUT2D eigenvalue weighted by Gasteiger charge is 2.28. The highest BCUT2D eigenvalue weighted by molar-refractivity contribution is 5.94. The van der Waals surface area contributed by atoms with Gasteiger partial charge in [-0.05, 0) is 36.6 Å². The van der Waals surface area contributed by atoms with Gasteiger partial charge in [-0.1, -0.05) is 36.4 Å².